The average molecular weight is 715 g/mol. The van der Waals surface area contributed by atoms with E-state index in [2.05, 4.69) is 20.8 Å². The molecule has 0 bridgehead atoms. The Labute approximate surface area is 299 Å². The number of ketones is 2. The number of carboxylic acid groups (broad SMARTS) is 1. The molecule has 2 aliphatic heterocycles. The van der Waals surface area contributed by atoms with Gasteiger partial charge in [0.15, 0.2) is 11.4 Å². The largest absolute Gasteiger partial charge is 0.479 e. The lowest BCUT2D eigenvalue weighted by molar-refractivity contribution is -0.338. The SMILES string of the molecule is CO[C@@H]([C@H](O)CC(=O)[C@@H](C)[C@@H](O)CC[C@@H](C)[C@@H]1O[C@]2(CC[C@@H](C)[C@H](CC[C@H](C)C(C)=O)O2)CC[C@@H]1C)[C@H](OC(=O)C[C@](C)(O)C(=O)O)C(C)C. The van der Waals surface area contributed by atoms with Crippen molar-refractivity contribution in [3.8, 4) is 0 Å². The van der Waals surface area contributed by atoms with Crippen molar-refractivity contribution in [3.63, 3.8) is 0 Å². The van der Waals surface area contributed by atoms with Gasteiger partial charge >= 0.3 is 11.9 Å². The zero-order chi connectivity index (χ0) is 38.1. The summed E-state index contributed by atoms with van der Waals surface area (Å²) in [7, 11) is 1.31. The van der Waals surface area contributed by atoms with Crippen molar-refractivity contribution in [3.05, 3.63) is 0 Å². The Hall–Kier alpha value is -1.96. The maximum Gasteiger partial charge on any atom is 0.335 e. The molecule has 1 spiro atoms. The van der Waals surface area contributed by atoms with Gasteiger partial charge in [0, 0.05) is 38.2 Å². The van der Waals surface area contributed by atoms with Gasteiger partial charge in [0.25, 0.3) is 0 Å². The molecule has 12 heteroatoms. The number of aliphatic carboxylic acids is 1. The van der Waals surface area contributed by atoms with Crippen LogP contribution in [-0.4, -0.2) is 99.1 Å². The number of carbonyl (C=O) groups excluding carboxylic acids is 3. The molecular formula is C38H66O12. The Morgan fingerprint density at radius 2 is 1.50 bits per heavy atom. The van der Waals surface area contributed by atoms with Gasteiger partial charge in [-0.05, 0) is 76.0 Å². The molecule has 12 nitrogen and oxygen atoms in total. The van der Waals surface area contributed by atoms with E-state index in [1.807, 2.05) is 6.92 Å². The van der Waals surface area contributed by atoms with Crippen LogP contribution in [-0.2, 0) is 38.1 Å². The summed E-state index contributed by atoms with van der Waals surface area (Å²) in [6.07, 6.45) is 0.513. The second-order valence-corrected chi connectivity index (χ2v) is 16.1. The minimum Gasteiger partial charge on any atom is -0.479 e. The van der Waals surface area contributed by atoms with Crippen molar-refractivity contribution in [1.82, 2.24) is 0 Å². The van der Waals surface area contributed by atoms with Crippen LogP contribution in [0.4, 0.5) is 0 Å². The number of methoxy groups -OCH3 is 1. The number of aliphatic hydroxyl groups is 3. The number of rotatable bonds is 20. The molecule has 2 heterocycles. The molecule has 2 saturated heterocycles. The first-order valence-electron chi connectivity index (χ1n) is 18.6. The molecule has 0 aliphatic carbocycles. The van der Waals surface area contributed by atoms with E-state index < -0.39 is 60.1 Å². The van der Waals surface area contributed by atoms with Crippen LogP contribution in [0.25, 0.3) is 0 Å². The van der Waals surface area contributed by atoms with Crippen LogP contribution in [0.3, 0.4) is 0 Å². The molecule has 2 aliphatic rings. The third-order valence-corrected chi connectivity index (χ3v) is 11.3. The van der Waals surface area contributed by atoms with E-state index in [4.69, 9.17) is 24.1 Å². The number of Topliss-reactive ketones (excluding diaryl/α,β-unsaturated/α-hetero) is 2. The van der Waals surface area contributed by atoms with Gasteiger partial charge < -0.3 is 39.4 Å². The third kappa shape index (κ3) is 12.3. The molecule has 2 fully saturated rings. The first-order chi connectivity index (χ1) is 23.1. The van der Waals surface area contributed by atoms with Gasteiger partial charge in [-0.1, -0.05) is 48.5 Å². The van der Waals surface area contributed by atoms with E-state index in [0.717, 1.165) is 45.4 Å². The van der Waals surface area contributed by atoms with Crippen LogP contribution >= 0.6 is 0 Å². The van der Waals surface area contributed by atoms with Crippen LogP contribution in [0.1, 0.15) is 127 Å². The van der Waals surface area contributed by atoms with Crippen molar-refractivity contribution >= 4 is 23.5 Å². The summed E-state index contributed by atoms with van der Waals surface area (Å²) in [5, 5.41) is 41.2. The molecule has 0 saturated carbocycles. The first-order valence-corrected chi connectivity index (χ1v) is 18.6. The zero-order valence-corrected chi connectivity index (χ0v) is 32.1. The van der Waals surface area contributed by atoms with Crippen molar-refractivity contribution in [2.45, 2.75) is 175 Å². The molecule has 4 N–H and O–H groups in total. The molecule has 0 aromatic carbocycles. The summed E-state index contributed by atoms with van der Waals surface area (Å²) in [5.74, 6) is -3.77. The molecule has 13 atom stereocenters. The monoisotopic (exact) mass is 714 g/mol. The highest BCUT2D eigenvalue weighted by molar-refractivity contribution is 5.84. The topological polar surface area (TPSA) is 186 Å². The van der Waals surface area contributed by atoms with E-state index in [1.54, 1.807) is 27.7 Å². The molecule has 2 rings (SSSR count). The molecule has 0 aromatic rings. The third-order valence-electron chi connectivity index (χ3n) is 11.3. The summed E-state index contributed by atoms with van der Waals surface area (Å²) >= 11 is 0. The first kappa shape index (κ1) is 44.2. The smallest absolute Gasteiger partial charge is 0.335 e. The highest BCUT2D eigenvalue weighted by atomic mass is 16.7. The van der Waals surface area contributed by atoms with E-state index >= 15 is 0 Å². The summed E-state index contributed by atoms with van der Waals surface area (Å²) in [6, 6.07) is 0. The molecule has 290 valence electrons. The van der Waals surface area contributed by atoms with Gasteiger partial charge in [-0.3, -0.25) is 14.4 Å². The quantitative estimate of drug-likeness (QED) is 0.126. The number of hydrogen-bond donors (Lipinski definition) is 4. The fourth-order valence-corrected chi connectivity index (χ4v) is 7.24. The Morgan fingerprint density at radius 1 is 0.900 bits per heavy atom. The van der Waals surface area contributed by atoms with E-state index in [-0.39, 0.29) is 47.9 Å². The summed E-state index contributed by atoms with van der Waals surface area (Å²) < 4.78 is 24.4. The second kappa shape index (κ2) is 19.2. The lowest BCUT2D eigenvalue weighted by atomic mass is 9.79. The molecule has 0 unspecified atom stereocenters. The van der Waals surface area contributed by atoms with E-state index in [0.29, 0.717) is 24.7 Å². The minimum atomic E-state index is -2.33. The summed E-state index contributed by atoms with van der Waals surface area (Å²) in [5.41, 5.74) is -2.33. The molecule has 0 amide bonds. The Bertz CT molecular complexity index is 1120. The average Bonchev–Trinajstić information content (AvgIpc) is 3.03. The number of esters is 1. The molecule has 0 radical (unpaired) electrons. The number of ether oxygens (including phenoxy) is 4. The van der Waals surface area contributed by atoms with Crippen molar-refractivity contribution in [2.75, 3.05) is 7.11 Å². The van der Waals surface area contributed by atoms with Gasteiger partial charge in [0.05, 0.1) is 30.8 Å². The van der Waals surface area contributed by atoms with Crippen molar-refractivity contribution < 1.29 is 58.6 Å². The van der Waals surface area contributed by atoms with Gasteiger partial charge in [-0.2, -0.15) is 0 Å². The van der Waals surface area contributed by atoms with Gasteiger partial charge in [-0.25, -0.2) is 4.79 Å². The number of carbonyl (C=O) groups is 4. The second-order valence-electron chi connectivity index (χ2n) is 16.1. The summed E-state index contributed by atoms with van der Waals surface area (Å²) in [6.45, 7) is 16.1. The standard InChI is InChI=1S/C38H66O12/c1-21(2)33(48-32(43)20-37(9,46)36(44)45)35(47-10)30(42)19-29(41)26(7)28(40)13-11-24(5)34-25(6)16-18-38(50-34)17-15-23(4)31(49-38)14-12-22(3)27(8)39/h21-26,28,30-31,33-35,40,42,46H,11-20H2,1-10H3,(H,44,45)/t22-,23+,24+,25-,26-,28-,30+,31-,33+,34-,35-,37-,38+/m0/s1. The molecule has 50 heavy (non-hydrogen) atoms. The maximum absolute atomic E-state index is 13.2. The lowest BCUT2D eigenvalue weighted by Crippen LogP contribution is -2.53. The fourth-order valence-electron chi connectivity index (χ4n) is 7.24. The van der Waals surface area contributed by atoms with Crippen molar-refractivity contribution in [2.24, 2.45) is 35.5 Å². The minimum absolute atomic E-state index is 0.00674. The van der Waals surface area contributed by atoms with Crippen molar-refractivity contribution in [1.29, 1.82) is 0 Å². The zero-order valence-electron chi connectivity index (χ0n) is 32.1. The maximum atomic E-state index is 13.2. The van der Waals surface area contributed by atoms with Gasteiger partial charge in [0.2, 0.25) is 0 Å². The fraction of sp³-hybridized carbons (Fsp3) is 0.895. The van der Waals surface area contributed by atoms with Gasteiger partial charge in [0.1, 0.15) is 23.8 Å². The Balaban J connectivity index is 1.97. The predicted molar refractivity (Wildman–Crippen MR) is 186 cm³/mol. The highest BCUT2D eigenvalue weighted by Gasteiger charge is 2.48. The van der Waals surface area contributed by atoms with Crippen LogP contribution in [0.2, 0.25) is 0 Å². The Morgan fingerprint density at radius 3 is 2.04 bits per heavy atom. The van der Waals surface area contributed by atoms with E-state index in [1.165, 1.54) is 7.11 Å². The lowest BCUT2D eigenvalue weighted by Gasteiger charge is -2.51. The van der Waals surface area contributed by atoms with Crippen LogP contribution in [0.5, 0.6) is 0 Å². The molecule has 0 aromatic heterocycles. The van der Waals surface area contributed by atoms with Gasteiger partial charge in [-0.15, -0.1) is 0 Å². The van der Waals surface area contributed by atoms with Crippen LogP contribution < -0.4 is 0 Å². The highest BCUT2D eigenvalue weighted by Crippen LogP contribution is 2.45. The molecular weight excluding hydrogens is 648 g/mol. The Kier molecular flexibility index (Phi) is 17.0. The van der Waals surface area contributed by atoms with Crippen LogP contribution in [0.15, 0.2) is 0 Å². The normalized spacial score (nSPS) is 29.6. The summed E-state index contributed by atoms with van der Waals surface area (Å²) in [4.78, 5) is 48.7. The number of hydrogen-bond acceptors (Lipinski definition) is 11. The number of aliphatic hydroxyl groups excluding tert-OH is 2. The predicted octanol–water partition coefficient (Wildman–Crippen LogP) is 4.86. The van der Waals surface area contributed by atoms with Crippen LogP contribution in [0, 0.1) is 35.5 Å². The number of carboxylic acids is 1. The van der Waals surface area contributed by atoms with E-state index in [9.17, 15) is 34.5 Å².